The number of halogens is 1. The molecule has 0 radical (unpaired) electrons. The Kier molecular flexibility index (Phi) is 4.93. The van der Waals surface area contributed by atoms with Crippen LogP contribution in [0.2, 0.25) is 0 Å². The molecule has 7 nitrogen and oxygen atoms in total. The number of nitrogens with zero attached hydrogens (tertiary/aromatic N) is 2. The van der Waals surface area contributed by atoms with E-state index in [0.717, 1.165) is 11.5 Å². The molecular formula is C19H12BrN3O4S. The van der Waals surface area contributed by atoms with Crippen molar-refractivity contribution in [3.8, 4) is 5.75 Å². The number of anilines is 1. The van der Waals surface area contributed by atoms with Gasteiger partial charge in [0, 0.05) is 16.3 Å². The highest BCUT2D eigenvalue weighted by atomic mass is 79.9. The van der Waals surface area contributed by atoms with Gasteiger partial charge in [-0.25, -0.2) is 0 Å². The first-order chi connectivity index (χ1) is 13.6. The maximum atomic E-state index is 13.1. The average molecular weight is 458 g/mol. The van der Waals surface area contributed by atoms with E-state index in [4.69, 9.17) is 9.15 Å². The third kappa shape index (κ3) is 3.30. The normalized spacial score (nSPS) is 10.8. The lowest BCUT2D eigenvalue weighted by Crippen LogP contribution is -2.14. The fourth-order valence-corrected chi connectivity index (χ4v) is 3.69. The standard InChI is InChI=1S/C19H12BrN3O4S/c1-26-15-7-6-10(8-12(15)20)17(24)18-16(11-4-2-3-5-14(11)27-18)21-19(25)13-9-28-23-22-13/h2-9H,1H3,(H,21,25). The number of carbonyl (C=O) groups excluding carboxylic acids is 2. The van der Waals surface area contributed by atoms with E-state index >= 15 is 0 Å². The lowest BCUT2D eigenvalue weighted by Gasteiger charge is -2.07. The van der Waals surface area contributed by atoms with Crippen molar-refractivity contribution < 1.29 is 18.7 Å². The first kappa shape index (κ1) is 18.3. The Morgan fingerprint density at radius 1 is 1.21 bits per heavy atom. The highest BCUT2D eigenvalue weighted by Crippen LogP contribution is 2.34. The molecule has 0 saturated carbocycles. The monoisotopic (exact) mass is 457 g/mol. The fourth-order valence-electron chi connectivity index (χ4n) is 2.71. The first-order valence-electron chi connectivity index (χ1n) is 8.06. The highest BCUT2D eigenvalue weighted by Gasteiger charge is 2.24. The maximum absolute atomic E-state index is 13.1. The molecule has 28 heavy (non-hydrogen) atoms. The summed E-state index contributed by atoms with van der Waals surface area (Å²) >= 11 is 4.44. The molecule has 2 heterocycles. The van der Waals surface area contributed by atoms with Crippen LogP contribution in [0.4, 0.5) is 5.69 Å². The summed E-state index contributed by atoms with van der Waals surface area (Å²) in [7, 11) is 1.54. The quantitative estimate of drug-likeness (QED) is 0.442. The molecule has 2 aromatic carbocycles. The average Bonchev–Trinajstić information content (AvgIpc) is 3.36. The number of methoxy groups -OCH3 is 1. The molecule has 2 aromatic heterocycles. The van der Waals surface area contributed by atoms with Crippen molar-refractivity contribution in [1.29, 1.82) is 0 Å². The molecule has 0 bridgehead atoms. The molecule has 140 valence electrons. The molecule has 1 amide bonds. The highest BCUT2D eigenvalue weighted by molar-refractivity contribution is 9.10. The zero-order valence-electron chi connectivity index (χ0n) is 14.4. The van der Waals surface area contributed by atoms with Gasteiger partial charge in [-0.05, 0) is 57.8 Å². The van der Waals surface area contributed by atoms with Gasteiger partial charge in [-0.15, -0.1) is 5.10 Å². The number of para-hydroxylation sites is 1. The van der Waals surface area contributed by atoms with E-state index in [2.05, 4.69) is 30.8 Å². The lowest BCUT2D eigenvalue weighted by atomic mass is 10.1. The van der Waals surface area contributed by atoms with E-state index in [9.17, 15) is 9.59 Å². The SMILES string of the molecule is COc1ccc(C(=O)c2oc3ccccc3c2NC(=O)c2csnn2)cc1Br. The van der Waals surface area contributed by atoms with Gasteiger partial charge in [0.2, 0.25) is 5.78 Å². The van der Waals surface area contributed by atoms with Crippen molar-refractivity contribution >= 4 is 55.8 Å². The van der Waals surface area contributed by atoms with Crippen LogP contribution in [0.15, 0.2) is 56.7 Å². The summed E-state index contributed by atoms with van der Waals surface area (Å²) in [6, 6.07) is 12.1. The lowest BCUT2D eigenvalue weighted by molar-refractivity contribution is 0.101. The van der Waals surface area contributed by atoms with Crippen molar-refractivity contribution in [2.24, 2.45) is 0 Å². The van der Waals surface area contributed by atoms with Gasteiger partial charge in [-0.1, -0.05) is 16.6 Å². The van der Waals surface area contributed by atoms with Crippen molar-refractivity contribution in [2.75, 3.05) is 12.4 Å². The number of hydrogen-bond donors (Lipinski definition) is 1. The summed E-state index contributed by atoms with van der Waals surface area (Å²) in [5.41, 5.74) is 1.34. The van der Waals surface area contributed by atoms with E-state index in [1.165, 1.54) is 5.38 Å². The zero-order valence-corrected chi connectivity index (χ0v) is 16.8. The Morgan fingerprint density at radius 2 is 2.04 bits per heavy atom. The molecule has 0 aliphatic rings. The van der Waals surface area contributed by atoms with Crippen molar-refractivity contribution in [2.45, 2.75) is 0 Å². The van der Waals surface area contributed by atoms with Crippen LogP contribution in [0.25, 0.3) is 11.0 Å². The van der Waals surface area contributed by atoms with Crippen molar-refractivity contribution in [1.82, 2.24) is 9.59 Å². The number of ether oxygens (including phenoxy) is 1. The van der Waals surface area contributed by atoms with Gasteiger partial charge in [-0.3, -0.25) is 9.59 Å². The molecule has 0 saturated heterocycles. The van der Waals surface area contributed by atoms with Crippen molar-refractivity contribution in [3.63, 3.8) is 0 Å². The molecule has 9 heteroatoms. The van der Waals surface area contributed by atoms with Gasteiger partial charge in [0.25, 0.3) is 5.91 Å². The van der Waals surface area contributed by atoms with Crippen LogP contribution in [0.3, 0.4) is 0 Å². The summed E-state index contributed by atoms with van der Waals surface area (Å²) in [6.07, 6.45) is 0. The van der Waals surface area contributed by atoms with Gasteiger partial charge >= 0.3 is 0 Å². The third-order valence-corrected chi connectivity index (χ3v) is 5.17. The Hall–Kier alpha value is -3.04. The largest absolute Gasteiger partial charge is 0.496 e. The minimum Gasteiger partial charge on any atom is -0.496 e. The number of ketones is 1. The topological polar surface area (TPSA) is 94.3 Å². The molecular weight excluding hydrogens is 446 g/mol. The van der Waals surface area contributed by atoms with E-state index in [1.54, 1.807) is 49.6 Å². The molecule has 1 N–H and O–H groups in total. The van der Waals surface area contributed by atoms with Crippen LogP contribution in [0.1, 0.15) is 26.6 Å². The second kappa shape index (κ2) is 7.53. The molecule has 0 atom stereocenters. The van der Waals surface area contributed by atoms with Gasteiger partial charge in [-0.2, -0.15) is 0 Å². The molecule has 0 fully saturated rings. The number of furan rings is 1. The maximum Gasteiger partial charge on any atom is 0.277 e. The van der Waals surface area contributed by atoms with Crippen LogP contribution in [-0.2, 0) is 0 Å². The second-order valence-electron chi connectivity index (χ2n) is 5.73. The number of nitrogens with one attached hydrogen (secondary N) is 1. The summed E-state index contributed by atoms with van der Waals surface area (Å²) in [5.74, 6) is -0.197. The molecule has 4 rings (SSSR count). The van der Waals surface area contributed by atoms with Gasteiger partial charge in [0.15, 0.2) is 11.5 Å². The van der Waals surface area contributed by atoms with E-state index in [1.807, 2.05) is 0 Å². The smallest absolute Gasteiger partial charge is 0.277 e. The molecule has 0 aliphatic carbocycles. The number of aromatic nitrogens is 2. The fraction of sp³-hybridized carbons (Fsp3) is 0.0526. The number of carbonyl (C=O) groups is 2. The predicted octanol–water partition coefficient (Wildman–Crippen LogP) is 4.54. The van der Waals surface area contributed by atoms with Crippen molar-refractivity contribution in [3.05, 3.63) is 69.3 Å². The zero-order chi connectivity index (χ0) is 19.7. The summed E-state index contributed by atoms with van der Waals surface area (Å²) in [6.45, 7) is 0. The minimum atomic E-state index is -0.467. The number of amides is 1. The van der Waals surface area contributed by atoms with Crippen LogP contribution < -0.4 is 10.1 Å². The van der Waals surface area contributed by atoms with Crippen LogP contribution in [-0.4, -0.2) is 28.4 Å². The number of rotatable bonds is 5. The summed E-state index contributed by atoms with van der Waals surface area (Å²) < 4.78 is 15.3. The van der Waals surface area contributed by atoms with E-state index < -0.39 is 5.91 Å². The number of benzene rings is 2. The molecule has 0 spiro atoms. The van der Waals surface area contributed by atoms with Gasteiger partial charge in [0.05, 0.1) is 17.3 Å². The van der Waals surface area contributed by atoms with E-state index in [0.29, 0.717) is 32.4 Å². The predicted molar refractivity (Wildman–Crippen MR) is 108 cm³/mol. The first-order valence-corrected chi connectivity index (χ1v) is 9.69. The van der Waals surface area contributed by atoms with Gasteiger partial charge in [0.1, 0.15) is 11.3 Å². The number of hydrogen-bond acceptors (Lipinski definition) is 7. The van der Waals surface area contributed by atoms with Gasteiger partial charge < -0.3 is 14.5 Å². The third-order valence-electron chi connectivity index (χ3n) is 4.05. The minimum absolute atomic E-state index is 0.0369. The number of fused-ring (bicyclic) bond motifs is 1. The second-order valence-corrected chi connectivity index (χ2v) is 7.19. The van der Waals surface area contributed by atoms with Crippen LogP contribution >= 0.6 is 27.5 Å². The molecule has 0 unspecified atom stereocenters. The van der Waals surface area contributed by atoms with E-state index in [-0.39, 0.29) is 17.2 Å². The molecule has 0 aliphatic heterocycles. The summed E-state index contributed by atoms with van der Waals surface area (Å²) in [5, 5.41) is 8.65. The molecule has 4 aromatic rings. The summed E-state index contributed by atoms with van der Waals surface area (Å²) in [4.78, 5) is 25.6. The Bertz CT molecular complexity index is 1190. The van der Waals surface area contributed by atoms with Crippen LogP contribution in [0.5, 0.6) is 5.75 Å². The Morgan fingerprint density at radius 3 is 2.75 bits per heavy atom. The Labute approximate surface area is 171 Å². The Balaban J connectivity index is 1.79. The van der Waals surface area contributed by atoms with Crippen LogP contribution in [0, 0.1) is 0 Å².